The predicted octanol–water partition coefficient (Wildman–Crippen LogP) is -1.12. The zero-order chi connectivity index (χ0) is 4.50. The van der Waals surface area contributed by atoms with Gasteiger partial charge in [0.15, 0.2) is 0 Å². The molecular formula is H8Ca3O4S. The average molecular weight is 224 g/mol. The van der Waals surface area contributed by atoms with Gasteiger partial charge in [0.2, 0.25) is 0 Å². The molecule has 0 heterocycles. The van der Waals surface area contributed by atoms with Gasteiger partial charge in [0.1, 0.15) is 0 Å². The summed E-state index contributed by atoms with van der Waals surface area (Å²) in [5.74, 6) is 0. The van der Waals surface area contributed by atoms with Gasteiger partial charge in [0, 0.05) is 0 Å². The van der Waals surface area contributed by atoms with Gasteiger partial charge in [-0.05, 0) is 0 Å². The van der Waals surface area contributed by atoms with E-state index in [0.29, 0.717) is 0 Å². The summed E-state index contributed by atoms with van der Waals surface area (Å²) in [7, 11) is -4.67. The molecule has 8 heavy (non-hydrogen) atoms. The molecule has 0 saturated carbocycles. The van der Waals surface area contributed by atoms with E-state index in [-0.39, 0.29) is 122 Å². The first-order chi connectivity index (χ1) is 2.00. The quantitative estimate of drug-likeness (QED) is 0.404. The van der Waals surface area contributed by atoms with E-state index < -0.39 is 10.4 Å². The molecule has 2 N–H and O–H groups in total. The fourth-order valence-electron chi connectivity index (χ4n) is 0. The summed E-state index contributed by atoms with van der Waals surface area (Å²) in [5, 5.41) is 0. The second kappa shape index (κ2) is 10.6. The van der Waals surface area contributed by atoms with Crippen molar-refractivity contribution in [3.63, 3.8) is 0 Å². The fraction of sp³-hybridized carbons (Fsp3) is 0. The smallest absolute Gasteiger partial charge is 1.00 e. The molecule has 0 bridgehead atoms. The van der Waals surface area contributed by atoms with E-state index in [4.69, 9.17) is 17.5 Å². The van der Waals surface area contributed by atoms with Gasteiger partial charge in [-0.1, -0.05) is 0 Å². The van der Waals surface area contributed by atoms with E-state index in [1.54, 1.807) is 0 Å². The van der Waals surface area contributed by atoms with Gasteiger partial charge in [-0.25, -0.2) is 0 Å². The number of hydrogen-bond acceptors (Lipinski definition) is 2. The molecule has 0 aliphatic heterocycles. The van der Waals surface area contributed by atoms with Crippen molar-refractivity contribution >= 4 is 124 Å². The zero-order valence-electron chi connectivity index (χ0n) is 10.2. The molecule has 0 radical (unpaired) electrons. The maximum atomic E-state index is 8.74. The van der Waals surface area contributed by atoms with E-state index in [1.807, 2.05) is 0 Å². The molecule has 8 heteroatoms. The maximum absolute atomic E-state index is 8.74. The van der Waals surface area contributed by atoms with E-state index in [1.165, 1.54) is 0 Å². The van der Waals surface area contributed by atoms with Gasteiger partial charge in [0.25, 0.3) is 0 Å². The van der Waals surface area contributed by atoms with Crippen LogP contribution in [0.25, 0.3) is 0 Å². The normalized spacial score (nSPS) is 7.25. The minimum Gasteiger partial charge on any atom is -1.00 e. The molecule has 0 amide bonds. The topological polar surface area (TPSA) is 74.6 Å². The van der Waals surface area contributed by atoms with E-state index in [9.17, 15) is 0 Å². The van der Waals surface area contributed by atoms with Gasteiger partial charge in [-0.3, -0.25) is 9.11 Å². The van der Waals surface area contributed by atoms with E-state index in [2.05, 4.69) is 0 Å². The summed E-state index contributed by atoms with van der Waals surface area (Å²) in [6.07, 6.45) is 0. The number of hydrogen-bond donors (Lipinski definition) is 2. The van der Waals surface area contributed by atoms with Crippen molar-refractivity contribution in [1.29, 1.82) is 0 Å². The summed E-state index contributed by atoms with van der Waals surface area (Å²) in [4.78, 5) is 0. The van der Waals surface area contributed by atoms with E-state index >= 15 is 0 Å². The minimum absolute atomic E-state index is 0. The second-order valence-corrected chi connectivity index (χ2v) is 1.34. The Hall–Kier alpha value is 3.65. The monoisotopic (exact) mass is 224 g/mol. The summed E-state index contributed by atoms with van der Waals surface area (Å²) in [6, 6.07) is 0. The van der Waals surface area contributed by atoms with Crippen molar-refractivity contribution in [3.8, 4) is 0 Å². The van der Waals surface area contributed by atoms with Gasteiger partial charge in [0.05, 0.1) is 0 Å². The van der Waals surface area contributed by atoms with Crippen LogP contribution in [0.2, 0.25) is 0 Å². The van der Waals surface area contributed by atoms with Crippen molar-refractivity contribution in [2.45, 2.75) is 0 Å². The van der Waals surface area contributed by atoms with Gasteiger partial charge >= 0.3 is 124 Å². The average Bonchev–Trinajstić information content (AvgIpc) is 0.722. The van der Waals surface area contributed by atoms with Crippen LogP contribution in [0.15, 0.2) is 0 Å². The molecule has 0 aromatic carbocycles. The summed E-state index contributed by atoms with van der Waals surface area (Å²) >= 11 is 0. The summed E-state index contributed by atoms with van der Waals surface area (Å²) in [6.45, 7) is 0. The first-order valence-electron chi connectivity index (χ1n) is 0.698. The molecule has 0 saturated heterocycles. The van der Waals surface area contributed by atoms with Crippen LogP contribution < -0.4 is 0 Å². The van der Waals surface area contributed by atoms with Crippen LogP contribution in [0, 0.1) is 0 Å². The Labute approximate surface area is 146 Å². The molecule has 44 valence electrons. The Morgan fingerprint density at radius 2 is 1.00 bits per heavy atom. The van der Waals surface area contributed by atoms with Crippen LogP contribution >= 0.6 is 0 Å². The molecule has 0 aromatic rings. The molecule has 0 unspecified atom stereocenters. The van der Waals surface area contributed by atoms with Crippen LogP contribution in [-0.2, 0) is 10.4 Å². The molecule has 4 nitrogen and oxygen atoms in total. The molecule has 0 atom stereocenters. The molecule has 0 aliphatic rings. The third-order valence-corrected chi connectivity index (χ3v) is 0. The van der Waals surface area contributed by atoms with Crippen molar-refractivity contribution in [3.05, 3.63) is 0 Å². The van der Waals surface area contributed by atoms with Gasteiger partial charge in [-0.2, -0.15) is 8.42 Å². The minimum atomic E-state index is -4.67. The summed E-state index contributed by atoms with van der Waals surface area (Å²) < 4.78 is 31.6. The molecule has 0 fully saturated rings. The standard InChI is InChI=1S/3Ca.H2O4S.6H/c;;;1-5(2,3)4;;;;;;/h;;;(H2,1,2,3,4);;;;;;/q3*+2;;6*-1. The second-order valence-electron chi connectivity index (χ2n) is 0.448. The van der Waals surface area contributed by atoms with Crippen LogP contribution in [0.1, 0.15) is 8.56 Å². The molecule has 0 aliphatic carbocycles. The summed E-state index contributed by atoms with van der Waals surface area (Å²) in [5.41, 5.74) is 0. The largest absolute Gasteiger partial charge is 2.00 e. The number of rotatable bonds is 0. The Morgan fingerprint density at radius 3 is 1.00 bits per heavy atom. The van der Waals surface area contributed by atoms with Crippen LogP contribution in [-0.4, -0.2) is 131 Å². The third kappa shape index (κ3) is 54.2. The fourth-order valence-corrected chi connectivity index (χ4v) is 0. The third-order valence-electron chi connectivity index (χ3n) is 0. The van der Waals surface area contributed by atoms with Gasteiger partial charge < -0.3 is 8.56 Å². The van der Waals surface area contributed by atoms with Crippen molar-refractivity contribution in [1.82, 2.24) is 0 Å². The molecule has 0 rings (SSSR count). The molecular weight excluding hydrogens is 216 g/mol. The Kier molecular flexibility index (Phi) is 30.1. The Morgan fingerprint density at radius 1 is 1.00 bits per heavy atom. The first kappa shape index (κ1) is 22.6. The van der Waals surface area contributed by atoms with E-state index in [0.717, 1.165) is 0 Å². The van der Waals surface area contributed by atoms with Crippen molar-refractivity contribution in [2.75, 3.05) is 0 Å². The Bertz CT molecular complexity index is 108. The Balaban J connectivity index is -0.00000000222. The predicted molar refractivity (Wildman–Crippen MR) is 38.1 cm³/mol. The first-order valence-corrected chi connectivity index (χ1v) is 2.10. The molecule has 0 spiro atoms. The van der Waals surface area contributed by atoms with Crippen molar-refractivity contribution < 1.29 is 26.1 Å². The van der Waals surface area contributed by atoms with Crippen LogP contribution in [0.4, 0.5) is 0 Å². The van der Waals surface area contributed by atoms with Gasteiger partial charge in [-0.15, -0.1) is 0 Å². The SMILES string of the molecule is O=S(=O)(O)O.[Ca+2].[Ca+2].[Ca+2].[H-].[H-].[H-].[H-].[H-].[H-]. The zero-order valence-corrected chi connectivity index (χ0v) is 11.7. The van der Waals surface area contributed by atoms with Crippen LogP contribution in [0.5, 0.6) is 0 Å². The van der Waals surface area contributed by atoms with Crippen LogP contribution in [0.3, 0.4) is 0 Å². The molecule has 0 aromatic heterocycles. The maximum Gasteiger partial charge on any atom is 2.00 e. The van der Waals surface area contributed by atoms with Crippen molar-refractivity contribution in [2.24, 2.45) is 0 Å².